The largest absolute Gasteiger partial charge is 0.326 e. The van der Waals surface area contributed by atoms with Gasteiger partial charge in [0.2, 0.25) is 0 Å². The fourth-order valence-corrected chi connectivity index (χ4v) is 8.31. The molecule has 0 radical (unpaired) electrons. The fraction of sp³-hybridized carbons (Fsp3) is 0.208. The standard InChI is InChI=1S/C46H41N.C2H6/c1-4-5-13-30-14-6-7-17-36(30)37-24-22-33(27-35(37)29-47)31-15-12-16-32(26-31)34-23-25-42-43(28-34)46(2,3)45-41-21-11-9-19-39(41)38-18-8-10-20-40(38)44(42)45;1-2/h4,6-12,14,16-28,31H,1,5,13,15,29,47H2,2-3H3;1-2H3. The van der Waals surface area contributed by atoms with Crippen molar-refractivity contribution in [2.75, 3.05) is 0 Å². The van der Waals surface area contributed by atoms with Crippen LogP contribution in [-0.4, -0.2) is 0 Å². The highest BCUT2D eigenvalue weighted by atomic mass is 14.5. The van der Waals surface area contributed by atoms with Crippen LogP contribution in [0.1, 0.15) is 79.8 Å². The molecule has 1 heteroatoms. The summed E-state index contributed by atoms with van der Waals surface area (Å²) in [6.07, 6.45) is 12.1. The van der Waals surface area contributed by atoms with Crippen molar-refractivity contribution in [3.63, 3.8) is 0 Å². The highest BCUT2D eigenvalue weighted by Crippen LogP contribution is 2.55. The minimum absolute atomic E-state index is 0.115. The molecular formula is C48H47N. The minimum Gasteiger partial charge on any atom is -0.326 e. The van der Waals surface area contributed by atoms with E-state index in [0.29, 0.717) is 12.5 Å². The van der Waals surface area contributed by atoms with Crippen LogP contribution < -0.4 is 5.73 Å². The molecular weight excluding hydrogens is 591 g/mol. The van der Waals surface area contributed by atoms with Gasteiger partial charge < -0.3 is 5.73 Å². The summed E-state index contributed by atoms with van der Waals surface area (Å²) in [7, 11) is 0. The first kappa shape index (κ1) is 32.6. The summed E-state index contributed by atoms with van der Waals surface area (Å²) in [5.41, 5.74) is 20.9. The van der Waals surface area contributed by atoms with Crippen LogP contribution in [0.3, 0.4) is 0 Å². The highest BCUT2D eigenvalue weighted by molar-refractivity contribution is 6.18. The molecule has 1 unspecified atom stereocenters. The summed E-state index contributed by atoms with van der Waals surface area (Å²) in [4.78, 5) is 0. The quantitative estimate of drug-likeness (QED) is 0.137. The van der Waals surface area contributed by atoms with Crippen molar-refractivity contribution in [1.82, 2.24) is 0 Å². The van der Waals surface area contributed by atoms with Gasteiger partial charge in [0.25, 0.3) is 0 Å². The van der Waals surface area contributed by atoms with Crippen LogP contribution in [-0.2, 0) is 18.4 Å². The molecule has 0 bridgehead atoms. The van der Waals surface area contributed by atoms with Gasteiger partial charge in [-0.05, 0) is 108 Å². The SMILES string of the molecule is C=CCCc1ccccc1-c1ccc(C2C=C(c3ccc4c(c3)C(C)(C)c3c-4c4ccccc4c4ccccc34)C=CC2)cc1CN.CC. The lowest BCUT2D eigenvalue weighted by Crippen LogP contribution is -2.16. The van der Waals surface area contributed by atoms with Gasteiger partial charge in [-0.15, -0.1) is 6.58 Å². The molecule has 0 aromatic heterocycles. The van der Waals surface area contributed by atoms with Crippen LogP contribution in [0, 0.1) is 0 Å². The van der Waals surface area contributed by atoms with E-state index in [1.807, 2.05) is 19.9 Å². The first-order chi connectivity index (χ1) is 24.0. The van der Waals surface area contributed by atoms with E-state index < -0.39 is 0 Å². The fourth-order valence-electron chi connectivity index (χ4n) is 8.31. The van der Waals surface area contributed by atoms with Gasteiger partial charge in [0.15, 0.2) is 0 Å². The second kappa shape index (κ2) is 13.5. The van der Waals surface area contributed by atoms with Gasteiger partial charge in [-0.3, -0.25) is 0 Å². The topological polar surface area (TPSA) is 26.0 Å². The Balaban J connectivity index is 0.00000186. The number of nitrogens with two attached hydrogens (primary N) is 1. The Hall–Kier alpha value is -4.98. The maximum atomic E-state index is 6.39. The molecule has 0 fully saturated rings. The molecule has 2 N–H and O–H groups in total. The maximum Gasteiger partial charge on any atom is 0.0184 e. The number of hydrogen-bond donors (Lipinski definition) is 1. The molecule has 0 saturated carbocycles. The second-order valence-corrected chi connectivity index (χ2v) is 13.7. The van der Waals surface area contributed by atoms with E-state index in [4.69, 9.17) is 5.73 Å². The third-order valence-electron chi connectivity index (χ3n) is 10.6. The molecule has 0 saturated heterocycles. The first-order valence-electron chi connectivity index (χ1n) is 18.0. The number of aryl methyl sites for hydroxylation is 1. The molecule has 0 heterocycles. The zero-order valence-electron chi connectivity index (χ0n) is 29.4. The van der Waals surface area contributed by atoms with E-state index in [9.17, 15) is 0 Å². The third kappa shape index (κ3) is 5.57. The maximum absolute atomic E-state index is 6.39. The monoisotopic (exact) mass is 637 g/mol. The predicted octanol–water partition coefficient (Wildman–Crippen LogP) is 12.7. The second-order valence-electron chi connectivity index (χ2n) is 13.7. The van der Waals surface area contributed by atoms with Crippen molar-refractivity contribution in [2.24, 2.45) is 5.73 Å². The van der Waals surface area contributed by atoms with Crippen LogP contribution in [0.25, 0.3) is 49.4 Å². The van der Waals surface area contributed by atoms with Gasteiger partial charge in [-0.1, -0.05) is 155 Å². The first-order valence-corrected chi connectivity index (χ1v) is 18.0. The van der Waals surface area contributed by atoms with Crippen molar-refractivity contribution in [1.29, 1.82) is 0 Å². The Morgan fingerprint density at radius 3 is 2.14 bits per heavy atom. The number of rotatable bonds is 7. The molecule has 0 aliphatic heterocycles. The third-order valence-corrected chi connectivity index (χ3v) is 10.6. The van der Waals surface area contributed by atoms with Crippen LogP contribution in [0.15, 0.2) is 140 Å². The molecule has 0 amide bonds. The van der Waals surface area contributed by atoms with Gasteiger partial charge in [-0.2, -0.15) is 0 Å². The van der Waals surface area contributed by atoms with E-state index >= 15 is 0 Å². The summed E-state index contributed by atoms with van der Waals surface area (Å²) in [6.45, 7) is 13.3. The number of benzene rings is 6. The molecule has 1 nitrogen and oxygen atoms in total. The summed E-state index contributed by atoms with van der Waals surface area (Å²) >= 11 is 0. The van der Waals surface area contributed by atoms with Crippen LogP contribution >= 0.6 is 0 Å². The van der Waals surface area contributed by atoms with Gasteiger partial charge in [-0.25, -0.2) is 0 Å². The van der Waals surface area contributed by atoms with E-state index in [1.54, 1.807) is 0 Å². The number of hydrogen-bond acceptors (Lipinski definition) is 1. The summed E-state index contributed by atoms with van der Waals surface area (Å²) in [6, 6.07) is 40.7. The van der Waals surface area contributed by atoms with E-state index in [-0.39, 0.29) is 5.41 Å². The Morgan fingerprint density at radius 2 is 1.39 bits per heavy atom. The number of allylic oxidation sites excluding steroid dienone is 5. The van der Waals surface area contributed by atoms with E-state index in [2.05, 4.69) is 148 Å². The van der Waals surface area contributed by atoms with Crippen molar-refractivity contribution in [3.8, 4) is 22.3 Å². The Bertz CT molecular complexity index is 2260. The molecule has 6 aromatic rings. The van der Waals surface area contributed by atoms with Gasteiger partial charge in [0.1, 0.15) is 0 Å². The van der Waals surface area contributed by atoms with Gasteiger partial charge >= 0.3 is 0 Å². The minimum atomic E-state index is -0.115. The lowest BCUT2D eigenvalue weighted by molar-refractivity contribution is 0.666. The summed E-state index contributed by atoms with van der Waals surface area (Å²) in [5, 5.41) is 5.38. The van der Waals surface area contributed by atoms with Crippen LogP contribution in [0.4, 0.5) is 0 Å². The van der Waals surface area contributed by atoms with Crippen LogP contribution in [0.2, 0.25) is 0 Å². The summed E-state index contributed by atoms with van der Waals surface area (Å²) < 4.78 is 0. The molecule has 2 aliphatic carbocycles. The van der Waals surface area contributed by atoms with E-state index in [0.717, 1.165) is 19.3 Å². The van der Waals surface area contributed by atoms with Crippen molar-refractivity contribution in [2.45, 2.75) is 64.8 Å². The van der Waals surface area contributed by atoms with Gasteiger partial charge in [0, 0.05) is 17.9 Å². The van der Waals surface area contributed by atoms with E-state index in [1.165, 1.54) is 82.8 Å². The number of fused-ring (bicyclic) bond motifs is 8. The molecule has 1 atom stereocenters. The average molecular weight is 638 g/mol. The lowest BCUT2D eigenvalue weighted by Gasteiger charge is -2.25. The predicted molar refractivity (Wildman–Crippen MR) is 213 cm³/mol. The van der Waals surface area contributed by atoms with Crippen LogP contribution in [0.5, 0.6) is 0 Å². The average Bonchev–Trinajstić information content (AvgIpc) is 3.41. The molecule has 0 spiro atoms. The molecule has 8 rings (SSSR count). The molecule has 49 heavy (non-hydrogen) atoms. The Kier molecular flexibility index (Phi) is 8.97. The highest BCUT2D eigenvalue weighted by Gasteiger charge is 2.38. The Labute approximate surface area is 292 Å². The molecule has 244 valence electrons. The zero-order valence-corrected chi connectivity index (χ0v) is 29.4. The molecule has 6 aromatic carbocycles. The van der Waals surface area contributed by atoms with Gasteiger partial charge in [0.05, 0.1) is 0 Å². The smallest absolute Gasteiger partial charge is 0.0184 e. The van der Waals surface area contributed by atoms with Crippen molar-refractivity contribution in [3.05, 3.63) is 173 Å². The Morgan fingerprint density at radius 1 is 0.735 bits per heavy atom. The normalized spacial score (nSPS) is 15.7. The lowest BCUT2D eigenvalue weighted by atomic mass is 9.78. The molecule has 2 aliphatic rings. The summed E-state index contributed by atoms with van der Waals surface area (Å²) in [5.74, 6) is 0.303. The van der Waals surface area contributed by atoms with Crippen molar-refractivity contribution < 1.29 is 0 Å². The van der Waals surface area contributed by atoms with Crippen molar-refractivity contribution >= 4 is 27.1 Å². The zero-order chi connectivity index (χ0) is 34.1.